The average molecular weight is 194 g/mol. The van der Waals surface area contributed by atoms with Crippen molar-refractivity contribution in [2.45, 2.75) is 25.9 Å². The summed E-state index contributed by atoms with van der Waals surface area (Å²) in [6, 6.07) is 3.27. The molecule has 0 saturated heterocycles. The second-order valence-corrected chi connectivity index (χ2v) is 3.04. The number of rotatable bonds is 5. The third-order valence-corrected chi connectivity index (χ3v) is 1.98. The highest BCUT2D eigenvalue weighted by Crippen LogP contribution is 1.97. The topological polar surface area (TPSA) is 62.2 Å². The minimum atomic E-state index is -0.809. The first-order valence-corrected chi connectivity index (χ1v) is 4.59. The second kappa shape index (κ2) is 5.34. The molecular weight excluding hydrogens is 180 g/mol. The lowest BCUT2D eigenvalue weighted by atomic mass is 10.2. The van der Waals surface area contributed by atoms with Crippen LogP contribution < -0.4 is 5.32 Å². The van der Waals surface area contributed by atoms with Crippen LogP contribution >= 0.6 is 0 Å². The van der Waals surface area contributed by atoms with E-state index < -0.39 is 12.0 Å². The number of pyridine rings is 1. The van der Waals surface area contributed by atoms with Crippen LogP contribution in [0.4, 0.5) is 0 Å². The maximum atomic E-state index is 10.7. The summed E-state index contributed by atoms with van der Waals surface area (Å²) in [6.45, 7) is 2.38. The highest BCUT2D eigenvalue weighted by Gasteiger charge is 2.13. The molecular formula is C10H14N2O2. The molecule has 2 N–H and O–H groups in total. The van der Waals surface area contributed by atoms with Gasteiger partial charge in [-0.15, -0.1) is 0 Å². The van der Waals surface area contributed by atoms with Gasteiger partial charge in [0, 0.05) is 18.9 Å². The summed E-state index contributed by atoms with van der Waals surface area (Å²) < 4.78 is 0. The lowest BCUT2D eigenvalue weighted by molar-refractivity contribution is -0.139. The normalized spacial score (nSPS) is 12.4. The lowest BCUT2D eigenvalue weighted by Gasteiger charge is -2.11. The number of nitrogens with one attached hydrogen (secondary N) is 1. The van der Waals surface area contributed by atoms with E-state index >= 15 is 0 Å². The molecule has 0 amide bonds. The van der Waals surface area contributed by atoms with E-state index in [1.165, 1.54) is 0 Å². The van der Waals surface area contributed by atoms with Gasteiger partial charge in [0.25, 0.3) is 0 Å². The molecule has 1 atom stereocenters. The van der Waals surface area contributed by atoms with Crippen molar-refractivity contribution in [3.63, 3.8) is 0 Å². The van der Waals surface area contributed by atoms with Crippen LogP contribution in [0.25, 0.3) is 0 Å². The van der Waals surface area contributed by atoms with E-state index in [0.717, 1.165) is 5.56 Å². The molecule has 0 aliphatic rings. The number of carboxylic acid groups (broad SMARTS) is 1. The molecule has 0 aliphatic carbocycles. The molecule has 4 nitrogen and oxygen atoms in total. The molecule has 0 aliphatic heterocycles. The van der Waals surface area contributed by atoms with Crippen LogP contribution in [0.5, 0.6) is 0 Å². The van der Waals surface area contributed by atoms with Gasteiger partial charge < -0.3 is 10.4 Å². The summed E-state index contributed by atoms with van der Waals surface area (Å²) in [5, 5.41) is 11.7. The highest BCUT2D eigenvalue weighted by atomic mass is 16.4. The fraction of sp³-hybridized carbons (Fsp3) is 0.400. The number of nitrogens with zero attached hydrogens (tertiary/aromatic N) is 1. The maximum Gasteiger partial charge on any atom is 0.320 e. The van der Waals surface area contributed by atoms with Crippen molar-refractivity contribution >= 4 is 5.97 Å². The van der Waals surface area contributed by atoms with E-state index in [-0.39, 0.29) is 0 Å². The Bertz CT molecular complexity index is 287. The number of hydrogen-bond acceptors (Lipinski definition) is 3. The van der Waals surface area contributed by atoms with Gasteiger partial charge in [0.05, 0.1) is 0 Å². The minimum absolute atomic E-state index is 0.477. The second-order valence-electron chi connectivity index (χ2n) is 3.04. The summed E-state index contributed by atoms with van der Waals surface area (Å²) in [5.41, 5.74) is 0.993. The third kappa shape index (κ3) is 3.14. The predicted molar refractivity (Wildman–Crippen MR) is 52.8 cm³/mol. The number of aliphatic carboxylic acids is 1. The quantitative estimate of drug-likeness (QED) is 0.735. The zero-order valence-corrected chi connectivity index (χ0v) is 8.10. The van der Waals surface area contributed by atoms with Gasteiger partial charge in [-0.25, -0.2) is 0 Å². The molecule has 0 fully saturated rings. The molecule has 1 aromatic heterocycles. The van der Waals surface area contributed by atoms with Gasteiger partial charge in [0.1, 0.15) is 6.04 Å². The first kappa shape index (κ1) is 10.7. The van der Waals surface area contributed by atoms with Crippen molar-refractivity contribution in [3.05, 3.63) is 30.1 Å². The van der Waals surface area contributed by atoms with Crippen LogP contribution in [0.3, 0.4) is 0 Å². The van der Waals surface area contributed by atoms with Gasteiger partial charge in [-0.05, 0) is 18.1 Å². The van der Waals surface area contributed by atoms with Crippen LogP contribution in [-0.4, -0.2) is 22.1 Å². The Morgan fingerprint density at radius 3 is 3.00 bits per heavy atom. The number of carboxylic acids is 1. The molecule has 0 saturated carbocycles. The van der Waals surface area contributed by atoms with Crippen LogP contribution in [0.15, 0.2) is 24.5 Å². The molecule has 1 rings (SSSR count). The molecule has 1 unspecified atom stereocenters. The standard InChI is InChI=1S/C10H14N2O2/c1-2-9(10(13)14)12-7-8-4-3-5-11-6-8/h3-6,9,12H,2,7H2,1H3,(H,13,14). The Kier molecular flexibility index (Phi) is 4.07. The Labute approximate surface area is 83.0 Å². The zero-order chi connectivity index (χ0) is 10.4. The van der Waals surface area contributed by atoms with Crippen molar-refractivity contribution in [3.8, 4) is 0 Å². The van der Waals surface area contributed by atoms with Crippen LogP contribution in [0.1, 0.15) is 18.9 Å². The summed E-state index contributed by atoms with van der Waals surface area (Å²) in [6.07, 6.45) is 4.00. The van der Waals surface area contributed by atoms with Crippen LogP contribution in [-0.2, 0) is 11.3 Å². The molecule has 14 heavy (non-hydrogen) atoms. The maximum absolute atomic E-state index is 10.7. The SMILES string of the molecule is CCC(NCc1cccnc1)C(=O)O. The minimum Gasteiger partial charge on any atom is -0.480 e. The van der Waals surface area contributed by atoms with E-state index in [1.807, 2.05) is 19.1 Å². The molecule has 76 valence electrons. The zero-order valence-electron chi connectivity index (χ0n) is 8.10. The van der Waals surface area contributed by atoms with E-state index in [0.29, 0.717) is 13.0 Å². The van der Waals surface area contributed by atoms with Crippen LogP contribution in [0.2, 0.25) is 0 Å². The Hall–Kier alpha value is -1.42. The number of hydrogen-bond donors (Lipinski definition) is 2. The fourth-order valence-corrected chi connectivity index (χ4v) is 1.15. The van der Waals surface area contributed by atoms with Crippen molar-refractivity contribution < 1.29 is 9.90 Å². The monoisotopic (exact) mass is 194 g/mol. The smallest absolute Gasteiger partial charge is 0.320 e. The Morgan fingerprint density at radius 2 is 2.50 bits per heavy atom. The fourth-order valence-electron chi connectivity index (χ4n) is 1.15. The van der Waals surface area contributed by atoms with E-state index in [1.54, 1.807) is 12.4 Å². The van der Waals surface area contributed by atoms with Crippen molar-refractivity contribution in [1.29, 1.82) is 0 Å². The summed E-state index contributed by atoms with van der Waals surface area (Å²) in [5.74, 6) is -0.809. The van der Waals surface area contributed by atoms with Gasteiger partial charge in [-0.2, -0.15) is 0 Å². The first-order chi connectivity index (χ1) is 6.74. The Morgan fingerprint density at radius 1 is 1.71 bits per heavy atom. The first-order valence-electron chi connectivity index (χ1n) is 4.59. The highest BCUT2D eigenvalue weighted by molar-refractivity contribution is 5.73. The summed E-state index contributed by atoms with van der Waals surface area (Å²) in [7, 11) is 0. The van der Waals surface area contributed by atoms with Crippen LogP contribution in [0, 0.1) is 0 Å². The number of carbonyl (C=O) groups is 1. The molecule has 0 radical (unpaired) electrons. The van der Waals surface area contributed by atoms with E-state index in [9.17, 15) is 4.79 Å². The molecule has 4 heteroatoms. The Balaban J connectivity index is 2.44. The molecule has 0 spiro atoms. The van der Waals surface area contributed by atoms with Gasteiger partial charge in [-0.3, -0.25) is 9.78 Å². The molecule has 1 aromatic rings. The van der Waals surface area contributed by atoms with Gasteiger partial charge in [0.15, 0.2) is 0 Å². The van der Waals surface area contributed by atoms with Crippen molar-refractivity contribution in [2.75, 3.05) is 0 Å². The lowest BCUT2D eigenvalue weighted by Crippen LogP contribution is -2.35. The van der Waals surface area contributed by atoms with E-state index in [4.69, 9.17) is 5.11 Å². The van der Waals surface area contributed by atoms with Crippen molar-refractivity contribution in [2.24, 2.45) is 0 Å². The molecule has 0 aromatic carbocycles. The van der Waals surface area contributed by atoms with Gasteiger partial charge >= 0.3 is 5.97 Å². The van der Waals surface area contributed by atoms with Gasteiger partial charge in [-0.1, -0.05) is 13.0 Å². The van der Waals surface area contributed by atoms with Crippen molar-refractivity contribution in [1.82, 2.24) is 10.3 Å². The predicted octanol–water partition coefficient (Wildman–Crippen LogP) is 1.03. The third-order valence-electron chi connectivity index (χ3n) is 1.98. The largest absolute Gasteiger partial charge is 0.480 e. The number of aromatic nitrogens is 1. The van der Waals surface area contributed by atoms with Gasteiger partial charge in [0.2, 0.25) is 0 Å². The average Bonchev–Trinajstić information content (AvgIpc) is 2.20. The molecule has 0 bridgehead atoms. The summed E-state index contributed by atoms with van der Waals surface area (Å²) >= 11 is 0. The van der Waals surface area contributed by atoms with E-state index in [2.05, 4.69) is 10.3 Å². The summed E-state index contributed by atoms with van der Waals surface area (Å²) in [4.78, 5) is 14.6. The molecule has 1 heterocycles.